The second-order valence-electron chi connectivity index (χ2n) is 5.21. The summed E-state index contributed by atoms with van der Waals surface area (Å²) in [5.74, 6) is 0.0903. The van der Waals surface area contributed by atoms with E-state index in [9.17, 15) is 10.1 Å². The molecule has 1 atom stereocenters. The van der Waals surface area contributed by atoms with Gasteiger partial charge in [0.2, 0.25) is 11.9 Å². The fraction of sp³-hybridized carbons (Fsp3) is 0.188. The van der Waals surface area contributed by atoms with Gasteiger partial charge in [-0.2, -0.15) is 10.2 Å². The van der Waals surface area contributed by atoms with Crippen LogP contribution in [0.4, 0.5) is 17.5 Å². The molecule has 25 heavy (non-hydrogen) atoms. The van der Waals surface area contributed by atoms with E-state index in [1.165, 1.54) is 17.5 Å². The standard InChI is InChI=1S/C16H15N7OS/c1-2-11(13(18)24)22-16-20-7-9(6-17)14(23-16)21-12-8-25-15-10(12)4-3-5-19-15/h3-5,7-8,11H,2H2,1H3,(H2,18,24)(H2,20,21,22,23). The number of carbonyl (C=O) groups is 1. The molecule has 3 aromatic heterocycles. The summed E-state index contributed by atoms with van der Waals surface area (Å²) in [7, 11) is 0. The van der Waals surface area contributed by atoms with Crippen molar-refractivity contribution in [2.75, 3.05) is 10.6 Å². The molecule has 0 bridgehead atoms. The first-order valence-corrected chi connectivity index (χ1v) is 8.42. The zero-order valence-corrected chi connectivity index (χ0v) is 14.2. The summed E-state index contributed by atoms with van der Waals surface area (Å²) in [6.07, 6.45) is 3.63. The number of thiophene rings is 1. The van der Waals surface area contributed by atoms with Gasteiger partial charge in [-0.15, -0.1) is 11.3 Å². The van der Waals surface area contributed by atoms with Gasteiger partial charge in [-0.05, 0) is 18.6 Å². The van der Waals surface area contributed by atoms with Crippen LogP contribution in [0.5, 0.6) is 0 Å². The predicted octanol–water partition coefficient (Wildman–Crippen LogP) is 2.38. The maximum absolute atomic E-state index is 11.4. The molecule has 4 N–H and O–H groups in total. The van der Waals surface area contributed by atoms with Gasteiger partial charge in [-0.1, -0.05) is 6.92 Å². The quantitative estimate of drug-likeness (QED) is 0.620. The smallest absolute Gasteiger partial charge is 0.239 e. The number of nitriles is 1. The largest absolute Gasteiger partial charge is 0.368 e. The van der Waals surface area contributed by atoms with E-state index in [0.29, 0.717) is 17.8 Å². The Hall–Kier alpha value is -3.25. The molecule has 8 nitrogen and oxygen atoms in total. The third kappa shape index (κ3) is 3.49. The number of rotatable bonds is 6. The Morgan fingerprint density at radius 1 is 1.48 bits per heavy atom. The summed E-state index contributed by atoms with van der Waals surface area (Å²) in [6, 6.07) is 5.26. The van der Waals surface area contributed by atoms with Gasteiger partial charge in [-0.25, -0.2) is 9.97 Å². The number of nitrogens with one attached hydrogen (secondary N) is 2. The number of hydrogen-bond acceptors (Lipinski definition) is 8. The Kier molecular flexibility index (Phi) is 4.72. The van der Waals surface area contributed by atoms with Gasteiger partial charge in [0.05, 0.1) is 11.9 Å². The molecule has 0 fully saturated rings. The fourth-order valence-corrected chi connectivity index (χ4v) is 3.09. The number of carbonyl (C=O) groups excluding carboxylic acids is 1. The van der Waals surface area contributed by atoms with Gasteiger partial charge in [0.25, 0.3) is 0 Å². The van der Waals surface area contributed by atoms with Gasteiger partial charge in [0, 0.05) is 17.0 Å². The van der Waals surface area contributed by atoms with Crippen LogP contribution < -0.4 is 16.4 Å². The Labute approximate surface area is 147 Å². The Morgan fingerprint density at radius 3 is 3.04 bits per heavy atom. The lowest BCUT2D eigenvalue weighted by molar-refractivity contribution is -0.118. The van der Waals surface area contributed by atoms with Crippen LogP contribution in [0.25, 0.3) is 10.2 Å². The molecule has 3 rings (SSSR count). The van der Waals surface area contributed by atoms with Crippen LogP contribution in [-0.2, 0) is 4.79 Å². The summed E-state index contributed by atoms with van der Waals surface area (Å²) in [6.45, 7) is 1.83. The number of nitrogens with two attached hydrogens (primary N) is 1. The third-order valence-electron chi connectivity index (χ3n) is 3.57. The zero-order chi connectivity index (χ0) is 17.8. The maximum atomic E-state index is 11.4. The van der Waals surface area contributed by atoms with Gasteiger partial charge in [-0.3, -0.25) is 4.79 Å². The third-order valence-corrected chi connectivity index (χ3v) is 4.47. The highest BCUT2D eigenvalue weighted by Crippen LogP contribution is 2.31. The number of nitrogens with zero attached hydrogens (tertiary/aromatic N) is 4. The molecule has 0 aliphatic carbocycles. The molecule has 0 aromatic carbocycles. The minimum absolute atomic E-state index is 0.227. The zero-order valence-electron chi connectivity index (χ0n) is 13.4. The minimum atomic E-state index is -0.577. The molecule has 3 heterocycles. The first-order chi connectivity index (χ1) is 12.1. The number of hydrogen-bond donors (Lipinski definition) is 3. The molecular weight excluding hydrogens is 338 g/mol. The molecule has 0 spiro atoms. The predicted molar refractivity (Wildman–Crippen MR) is 96.5 cm³/mol. The highest BCUT2D eigenvalue weighted by atomic mass is 32.1. The molecule has 0 saturated carbocycles. The molecule has 0 aliphatic rings. The summed E-state index contributed by atoms with van der Waals surface area (Å²) in [4.78, 5) is 24.9. The summed E-state index contributed by atoms with van der Waals surface area (Å²) < 4.78 is 0. The van der Waals surface area contributed by atoms with Crippen LogP contribution in [0, 0.1) is 11.3 Å². The van der Waals surface area contributed by atoms with Gasteiger partial charge in [0.1, 0.15) is 22.5 Å². The molecule has 3 aromatic rings. The molecule has 0 aliphatic heterocycles. The van der Waals surface area contributed by atoms with Crippen molar-refractivity contribution in [3.63, 3.8) is 0 Å². The van der Waals surface area contributed by atoms with Crippen molar-refractivity contribution in [2.24, 2.45) is 5.73 Å². The van der Waals surface area contributed by atoms with Crippen LogP contribution in [0.3, 0.4) is 0 Å². The lowest BCUT2D eigenvalue weighted by Gasteiger charge is -2.14. The first kappa shape index (κ1) is 16.6. The molecule has 0 radical (unpaired) electrons. The van der Waals surface area contributed by atoms with Gasteiger partial charge in [0.15, 0.2) is 5.82 Å². The molecule has 126 valence electrons. The maximum Gasteiger partial charge on any atom is 0.239 e. The number of fused-ring (bicyclic) bond motifs is 1. The van der Waals surface area contributed by atoms with Crippen LogP contribution >= 0.6 is 11.3 Å². The van der Waals surface area contributed by atoms with E-state index in [1.54, 1.807) is 6.20 Å². The number of pyridine rings is 1. The number of amides is 1. The van der Waals surface area contributed by atoms with Gasteiger partial charge >= 0.3 is 0 Å². The molecule has 1 unspecified atom stereocenters. The van der Waals surface area contributed by atoms with E-state index >= 15 is 0 Å². The summed E-state index contributed by atoms with van der Waals surface area (Å²) >= 11 is 1.49. The lowest BCUT2D eigenvalue weighted by Crippen LogP contribution is -2.35. The molecule has 0 saturated heterocycles. The first-order valence-electron chi connectivity index (χ1n) is 7.54. The van der Waals surface area contributed by atoms with E-state index in [0.717, 1.165) is 15.9 Å². The van der Waals surface area contributed by atoms with Crippen molar-refractivity contribution < 1.29 is 4.79 Å². The topological polar surface area (TPSA) is 130 Å². The lowest BCUT2D eigenvalue weighted by atomic mass is 10.2. The number of anilines is 3. The average Bonchev–Trinajstić information content (AvgIpc) is 3.03. The summed E-state index contributed by atoms with van der Waals surface area (Å²) in [5, 5.41) is 18.2. The van der Waals surface area contributed by atoms with Crippen LogP contribution in [0.15, 0.2) is 29.9 Å². The van der Waals surface area contributed by atoms with Crippen molar-refractivity contribution in [3.8, 4) is 6.07 Å². The minimum Gasteiger partial charge on any atom is -0.368 e. The van der Waals surface area contributed by atoms with Crippen molar-refractivity contribution in [1.82, 2.24) is 15.0 Å². The van der Waals surface area contributed by atoms with Crippen LogP contribution in [0.1, 0.15) is 18.9 Å². The fourth-order valence-electron chi connectivity index (χ4n) is 2.25. The van der Waals surface area contributed by atoms with E-state index in [1.807, 2.05) is 24.4 Å². The Balaban J connectivity index is 1.93. The highest BCUT2D eigenvalue weighted by Gasteiger charge is 2.16. The van der Waals surface area contributed by atoms with Crippen LogP contribution in [0.2, 0.25) is 0 Å². The van der Waals surface area contributed by atoms with Crippen molar-refractivity contribution >= 4 is 44.9 Å². The monoisotopic (exact) mass is 353 g/mol. The van der Waals surface area contributed by atoms with E-state index < -0.39 is 11.9 Å². The van der Waals surface area contributed by atoms with E-state index in [4.69, 9.17) is 5.73 Å². The average molecular weight is 353 g/mol. The second-order valence-corrected chi connectivity index (χ2v) is 6.06. The number of primary amides is 1. The van der Waals surface area contributed by atoms with Gasteiger partial charge < -0.3 is 16.4 Å². The van der Waals surface area contributed by atoms with E-state index in [2.05, 4.69) is 31.7 Å². The summed E-state index contributed by atoms with van der Waals surface area (Å²) in [5.41, 5.74) is 6.43. The van der Waals surface area contributed by atoms with Crippen LogP contribution in [-0.4, -0.2) is 26.9 Å². The van der Waals surface area contributed by atoms with Crippen molar-refractivity contribution in [3.05, 3.63) is 35.5 Å². The van der Waals surface area contributed by atoms with E-state index in [-0.39, 0.29) is 5.95 Å². The normalized spacial score (nSPS) is 11.7. The van der Waals surface area contributed by atoms with Crippen molar-refractivity contribution in [1.29, 1.82) is 5.26 Å². The molecule has 1 amide bonds. The molecular formula is C16H15N7OS. The Morgan fingerprint density at radius 2 is 2.32 bits per heavy atom. The SMILES string of the molecule is CCC(Nc1ncc(C#N)c(Nc2csc3ncccc23)n1)C(N)=O. The number of aromatic nitrogens is 3. The Bertz CT molecular complexity index is 963. The highest BCUT2D eigenvalue weighted by molar-refractivity contribution is 7.17. The van der Waals surface area contributed by atoms with Crippen molar-refractivity contribution in [2.45, 2.75) is 19.4 Å². The second kappa shape index (κ2) is 7.11. The molecule has 9 heteroatoms.